The van der Waals surface area contributed by atoms with Crippen LogP contribution in [-0.2, 0) is 4.79 Å². The predicted molar refractivity (Wildman–Crippen MR) is 82.4 cm³/mol. The molecule has 0 aliphatic rings. The maximum absolute atomic E-state index is 11.9. The van der Waals surface area contributed by atoms with Crippen LogP contribution in [0.1, 0.15) is 24.2 Å². The van der Waals surface area contributed by atoms with Crippen LogP contribution in [0.15, 0.2) is 48.5 Å². The predicted octanol–water partition coefficient (Wildman–Crippen LogP) is 3.07. The fraction of sp³-hybridized carbons (Fsp3) is 0.235. The van der Waals surface area contributed by atoms with E-state index in [4.69, 9.17) is 4.74 Å². The molecule has 0 aliphatic carbocycles. The zero-order valence-corrected chi connectivity index (χ0v) is 12.2. The number of amides is 1. The van der Waals surface area contributed by atoms with Crippen LogP contribution in [0, 0.1) is 6.92 Å². The first-order valence-electron chi connectivity index (χ1n) is 6.82. The van der Waals surface area contributed by atoms with Crippen LogP contribution in [0.5, 0.6) is 5.75 Å². The van der Waals surface area contributed by atoms with Gasteiger partial charge in [-0.05, 0) is 37.6 Å². The highest BCUT2D eigenvalue weighted by Crippen LogP contribution is 2.24. The summed E-state index contributed by atoms with van der Waals surface area (Å²) < 4.78 is 5.49. The van der Waals surface area contributed by atoms with Gasteiger partial charge in [0.25, 0.3) is 5.91 Å². The number of anilines is 1. The van der Waals surface area contributed by atoms with Gasteiger partial charge in [0.15, 0.2) is 6.61 Å². The van der Waals surface area contributed by atoms with Crippen molar-refractivity contribution in [1.82, 2.24) is 0 Å². The number of carbonyl (C=O) groups is 1. The van der Waals surface area contributed by atoms with Gasteiger partial charge in [0.05, 0.1) is 6.10 Å². The Morgan fingerprint density at radius 1 is 1.24 bits per heavy atom. The number of para-hydroxylation sites is 1. The van der Waals surface area contributed by atoms with Crippen LogP contribution in [0.2, 0.25) is 0 Å². The third kappa shape index (κ3) is 4.33. The molecule has 1 amide bonds. The number of nitrogens with one attached hydrogen (secondary N) is 1. The highest BCUT2D eigenvalue weighted by molar-refractivity contribution is 5.91. The molecule has 2 N–H and O–H groups in total. The molecule has 2 aromatic rings. The van der Waals surface area contributed by atoms with Gasteiger partial charge in [-0.15, -0.1) is 0 Å². The van der Waals surface area contributed by atoms with Crippen molar-refractivity contribution in [3.05, 3.63) is 59.7 Å². The summed E-state index contributed by atoms with van der Waals surface area (Å²) in [5, 5.41) is 12.4. The Balaban J connectivity index is 1.95. The molecule has 0 bridgehead atoms. The number of benzene rings is 2. The lowest BCUT2D eigenvalue weighted by molar-refractivity contribution is -0.118. The van der Waals surface area contributed by atoms with Gasteiger partial charge in [0.2, 0.25) is 0 Å². The Hall–Kier alpha value is -2.33. The molecule has 2 aromatic carbocycles. The Bertz CT molecular complexity index is 623. The standard InChI is InChI=1S/C17H19NO3/c1-12-6-5-7-14(10-12)18-17(20)11-21-16-9-4-3-8-15(16)13(2)19/h3-10,13,19H,11H2,1-2H3,(H,18,20)/t13-/m0/s1. The number of hydrogen-bond acceptors (Lipinski definition) is 3. The van der Waals surface area contributed by atoms with E-state index < -0.39 is 6.10 Å². The average Bonchev–Trinajstić information content (AvgIpc) is 2.45. The molecule has 4 heteroatoms. The topological polar surface area (TPSA) is 58.6 Å². The van der Waals surface area contributed by atoms with Crippen molar-refractivity contribution >= 4 is 11.6 Å². The van der Waals surface area contributed by atoms with E-state index in [0.717, 1.165) is 11.3 Å². The summed E-state index contributed by atoms with van der Waals surface area (Å²) in [7, 11) is 0. The van der Waals surface area contributed by atoms with Crippen molar-refractivity contribution in [3.63, 3.8) is 0 Å². The van der Waals surface area contributed by atoms with Gasteiger partial charge in [0, 0.05) is 11.3 Å². The molecule has 4 nitrogen and oxygen atoms in total. The zero-order valence-electron chi connectivity index (χ0n) is 12.2. The SMILES string of the molecule is Cc1cccc(NC(=O)COc2ccccc2[C@H](C)O)c1. The second kappa shape index (κ2) is 6.90. The Labute approximate surface area is 124 Å². The Morgan fingerprint density at radius 2 is 2.00 bits per heavy atom. The summed E-state index contributed by atoms with van der Waals surface area (Å²) in [6, 6.07) is 14.7. The molecule has 1 atom stereocenters. The molecule has 0 spiro atoms. The molecule has 0 unspecified atom stereocenters. The fourth-order valence-electron chi connectivity index (χ4n) is 2.02. The van der Waals surface area contributed by atoms with Crippen molar-refractivity contribution in [1.29, 1.82) is 0 Å². The number of aryl methyl sites for hydroxylation is 1. The Morgan fingerprint density at radius 3 is 2.71 bits per heavy atom. The van der Waals surface area contributed by atoms with Crippen LogP contribution in [0.4, 0.5) is 5.69 Å². The number of aliphatic hydroxyl groups excluding tert-OH is 1. The molecule has 0 saturated heterocycles. The summed E-state index contributed by atoms with van der Waals surface area (Å²) in [5.41, 5.74) is 2.49. The van der Waals surface area contributed by atoms with E-state index in [0.29, 0.717) is 11.3 Å². The summed E-state index contributed by atoms with van der Waals surface area (Å²) >= 11 is 0. The van der Waals surface area contributed by atoms with E-state index in [1.165, 1.54) is 0 Å². The van der Waals surface area contributed by atoms with E-state index in [1.54, 1.807) is 25.1 Å². The minimum Gasteiger partial charge on any atom is -0.483 e. The van der Waals surface area contributed by atoms with Gasteiger partial charge in [-0.1, -0.05) is 30.3 Å². The van der Waals surface area contributed by atoms with E-state index in [2.05, 4.69) is 5.32 Å². The lowest BCUT2D eigenvalue weighted by Crippen LogP contribution is -2.20. The molecule has 0 saturated carbocycles. The maximum atomic E-state index is 11.9. The zero-order chi connectivity index (χ0) is 15.2. The average molecular weight is 285 g/mol. The minimum absolute atomic E-state index is 0.0995. The van der Waals surface area contributed by atoms with Gasteiger partial charge in [-0.25, -0.2) is 0 Å². The largest absolute Gasteiger partial charge is 0.483 e. The first-order valence-corrected chi connectivity index (χ1v) is 6.82. The second-order valence-corrected chi connectivity index (χ2v) is 4.92. The van der Waals surface area contributed by atoms with Crippen molar-refractivity contribution in [3.8, 4) is 5.75 Å². The quantitative estimate of drug-likeness (QED) is 0.887. The number of carbonyl (C=O) groups excluding carboxylic acids is 1. The van der Waals surface area contributed by atoms with E-state index in [-0.39, 0.29) is 12.5 Å². The third-order valence-corrected chi connectivity index (χ3v) is 3.03. The highest BCUT2D eigenvalue weighted by atomic mass is 16.5. The molecule has 0 fully saturated rings. The normalized spacial score (nSPS) is 11.8. The highest BCUT2D eigenvalue weighted by Gasteiger charge is 2.10. The molecular formula is C17H19NO3. The minimum atomic E-state index is -0.638. The van der Waals surface area contributed by atoms with Gasteiger partial charge in [-0.2, -0.15) is 0 Å². The van der Waals surface area contributed by atoms with Crippen molar-refractivity contribution in [2.75, 3.05) is 11.9 Å². The monoisotopic (exact) mass is 285 g/mol. The van der Waals surface area contributed by atoms with Gasteiger partial charge >= 0.3 is 0 Å². The van der Waals surface area contributed by atoms with E-state index in [1.807, 2.05) is 37.3 Å². The molecule has 0 aromatic heterocycles. The fourth-order valence-corrected chi connectivity index (χ4v) is 2.02. The van der Waals surface area contributed by atoms with Crippen molar-refractivity contribution < 1.29 is 14.6 Å². The number of aliphatic hydroxyl groups is 1. The van der Waals surface area contributed by atoms with E-state index >= 15 is 0 Å². The summed E-state index contributed by atoms with van der Waals surface area (Å²) in [6.07, 6.45) is -0.638. The van der Waals surface area contributed by atoms with Crippen LogP contribution < -0.4 is 10.1 Å². The molecule has 0 radical (unpaired) electrons. The van der Waals surface area contributed by atoms with Crippen molar-refractivity contribution in [2.45, 2.75) is 20.0 Å². The molecule has 110 valence electrons. The van der Waals surface area contributed by atoms with E-state index in [9.17, 15) is 9.90 Å². The smallest absolute Gasteiger partial charge is 0.262 e. The maximum Gasteiger partial charge on any atom is 0.262 e. The van der Waals surface area contributed by atoms with Gasteiger partial charge in [0.1, 0.15) is 5.75 Å². The Kier molecular flexibility index (Phi) is 4.95. The van der Waals surface area contributed by atoms with Crippen LogP contribution in [-0.4, -0.2) is 17.6 Å². The van der Waals surface area contributed by atoms with Crippen LogP contribution in [0.3, 0.4) is 0 Å². The molecule has 21 heavy (non-hydrogen) atoms. The van der Waals surface area contributed by atoms with Gasteiger partial charge < -0.3 is 15.2 Å². The number of hydrogen-bond donors (Lipinski definition) is 2. The summed E-state index contributed by atoms with van der Waals surface area (Å²) in [4.78, 5) is 11.9. The lowest BCUT2D eigenvalue weighted by atomic mass is 10.1. The van der Waals surface area contributed by atoms with Crippen LogP contribution in [0.25, 0.3) is 0 Å². The summed E-state index contributed by atoms with van der Waals surface area (Å²) in [6.45, 7) is 3.53. The molecule has 0 aliphatic heterocycles. The summed E-state index contributed by atoms with van der Waals surface area (Å²) in [5.74, 6) is 0.285. The number of ether oxygens (including phenoxy) is 1. The molecule has 0 heterocycles. The molecule has 2 rings (SSSR count). The third-order valence-electron chi connectivity index (χ3n) is 3.03. The molecular weight excluding hydrogens is 266 g/mol. The number of rotatable bonds is 5. The first-order chi connectivity index (χ1) is 10.1. The van der Waals surface area contributed by atoms with Crippen molar-refractivity contribution in [2.24, 2.45) is 0 Å². The van der Waals surface area contributed by atoms with Crippen LogP contribution >= 0.6 is 0 Å². The van der Waals surface area contributed by atoms with Gasteiger partial charge in [-0.3, -0.25) is 4.79 Å². The lowest BCUT2D eigenvalue weighted by Gasteiger charge is -2.13. The second-order valence-electron chi connectivity index (χ2n) is 4.92. The first kappa shape index (κ1) is 15.1.